The van der Waals surface area contributed by atoms with Gasteiger partial charge < -0.3 is 15.0 Å². The summed E-state index contributed by atoms with van der Waals surface area (Å²) in [5.74, 6) is 0.494. The molecule has 160 valence electrons. The molecule has 1 saturated heterocycles. The number of amides is 2. The van der Waals surface area contributed by atoms with Crippen LogP contribution in [-0.4, -0.2) is 46.4 Å². The van der Waals surface area contributed by atoms with Crippen LogP contribution in [0.1, 0.15) is 29.2 Å². The lowest BCUT2D eigenvalue weighted by atomic mass is 10.2. The van der Waals surface area contributed by atoms with Crippen LogP contribution in [-0.2, 0) is 22.4 Å². The van der Waals surface area contributed by atoms with Crippen LogP contribution in [0.3, 0.4) is 0 Å². The second-order valence-electron chi connectivity index (χ2n) is 7.37. The molecule has 3 heterocycles. The molecule has 2 aromatic heterocycles. The summed E-state index contributed by atoms with van der Waals surface area (Å²) in [4.78, 5) is 36.3. The van der Waals surface area contributed by atoms with Gasteiger partial charge in [0.2, 0.25) is 11.8 Å². The van der Waals surface area contributed by atoms with Gasteiger partial charge in [0.15, 0.2) is 0 Å². The van der Waals surface area contributed by atoms with Crippen molar-refractivity contribution < 1.29 is 14.3 Å². The largest absolute Gasteiger partial charge is 0.497 e. The zero-order chi connectivity index (χ0) is 21.6. The number of likely N-dealkylation sites (tertiary alicyclic amines) is 1. The lowest BCUT2D eigenvalue weighted by molar-refractivity contribution is -0.136. The van der Waals surface area contributed by atoms with E-state index in [2.05, 4.69) is 15.3 Å². The van der Waals surface area contributed by atoms with Crippen molar-refractivity contribution in [2.45, 2.75) is 31.7 Å². The van der Waals surface area contributed by atoms with E-state index in [0.29, 0.717) is 25.1 Å². The highest BCUT2D eigenvalue weighted by atomic mass is 32.1. The van der Waals surface area contributed by atoms with Gasteiger partial charge in [0.1, 0.15) is 11.8 Å². The number of hydrogen-bond donors (Lipinski definition) is 1. The maximum atomic E-state index is 12.9. The minimum absolute atomic E-state index is 0.0675. The van der Waals surface area contributed by atoms with E-state index in [4.69, 9.17) is 4.74 Å². The third-order valence-electron chi connectivity index (χ3n) is 5.22. The number of methoxy groups -OCH3 is 1. The van der Waals surface area contributed by atoms with Crippen molar-refractivity contribution >= 4 is 28.8 Å². The number of hydrogen-bond acceptors (Lipinski definition) is 6. The average Bonchev–Trinajstić information content (AvgIpc) is 3.45. The van der Waals surface area contributed by atoms with Crippen molar-refractivity contribution in [2.75, 3.05) is 19.0 Å². The van der Waals surface area contributed by atoms with Gasteiger partial charge in [0.25, 0.3) is 0 Å². The number of rotatable bonds is 7. The van der Waals surface area contributed by atoms with Crippen molar-refractivity contribution in [3.8, 4) is 5.75 Å². The fourth-order valence-corrected chi connectivity index (χ4v) is 4.47. The van der Waals surface area contributed by atoms with E-state index in [1.165, 1.54) is 11.3 Å². The summed E-state index contributed by atoms with van der Waals surface area (Å²) in [6.45, 7) is 0.588. The molecule has 31 heavy (non-hydrogen) atoms. The first-order valence-corrected chi connectivity index (χ1v) is 11.1. The number of benzene rings is 1. The molecule has 1 N–H and O–H groups in total. The Morgan fingerprint density at radius 2 is 2.03 bits per heavy atom. The molecule has 0 aliphatic carbocycles. The number of pyridine rings is 1. The highest BCUT2D eigenvalue weighted by Crippen LogP contribution is 2.22. The zero-order valence-electron chi connectivity index (χ0n) is 17.3. The van der Waals surface area contributed by atoms with E-state index < -0.39 is 6.04 Å². The number of thiazole rings is 1. The molecule has 0 saturated carbocycles. The predicted octanol–water partition coefficient (Wildman–Crippen LogP) is 3.31. The van der Waals surface area contributed by atoms with Crippen LogP contribution in [0.15, 0.2) is 54.0 Å². The SMILES string of the molecule is COc1ccc(NC(=O)[C@H]2CCCN2C(=O)Cc2csc(Cc3ccccn3)n2)cc1. The molecule has 8 heteroatoms. The normalized spacial score (nSPS) is 15.6. The standard InChI is InChI=1S/C23H24N4O3S/c1-30-19-9-7-16(8-10-19)26-23(29)20-6-4-12-27(20)22(28)14-18-15-31-21(25-18)13-17-5-2-3-11-24-17/h2-3,5,7-11,15,20H,4,6,12-14H2,1H3,(H,26,29)/t20-/m1/s1. The monoisotopic (exact) mass is 436 g/mol. The number of nitrogens with zero attached hydrogens (tertiary/aromatic N) is 3. The van der Waals surface area contributed by atoms with Crippen molar-refractivity contribution in [2.24, 2.45) is 0 Å². The average molecular weight is 437 g/mol. The fraction of sp³-hybridized carbons (Fsp3) is 0.304. The van der Waals surface area contributed by atoms with Gasteiger partial charge in [-0.15, -0.1) is 11.3 Å². The molecule has 7 nitrogen and oxygen atoms in total. The number of carbonyl (C=O) groups is 2. The second kappa shape index (κ2) is 9.70. The molecule has 0 unspecified atom stereocenters. The number of nitrogens with one attached hydrogen (secondary N) is 1. The highest BCUT2D eigenvalue weighted by Gasteiger charge is 2.34. The smallest absolute Gasteiger partial charge is 0.247 e. The molecule has 1 aliphatic rings. The molecule has 0 bridgehead atoms. The molecule has 1 fully saturated rings. The van der Waals surface area contributed by atoms with Gasteiger partial charge in [-0.25, -0.2) is 4.98 Å². The Labute approximate surface area is 185 Å². The molecular weight excluding hydrogens is 412 g/mol. The zero-order valence-corrected chi connectivity index (χ0v) is 18.1. The summed E-state index contributed by atoms with van der Waals surface area (Å²) in [5.41, 5.74) is 2.37. The Morgan fingerprint density at radius 3 is 2.77 bits per heavy atom. The van der Waals surface area contributed by atoms with E-state index in [9.17, 15) is 9.59 Å². The molecule has 4 rings (SSSR count). The summed E-state index contributed by atoms with van der Waals surface area (Å²) >= 11 is 1.53. The van der Waals surface area contributed by atoms with E-state index in [0.717, 1.165) is 28.6 Å². The quantitative estimate of drug-likeness (QED) is 0.614. The van der Waals surface area contributed by atoms with E-state index in [1.54, 1.807) is 42.5 Å². The molecule has 0 spiro atoms. The number of anilines is 1. The Kier molecular flexibility index (Phi) is 6.57. The van der Waals surface area contributed by atoms with Crippen molar-refractivity contribution in [1.29, 1.82) is 0 Å². The third kappa shape index (κ3) is 5.27. The molecule has 1 aliphatic heterocycles. The topological polar surface area (TPSA) is 84.4 Å². The lowest BCUT2D eigenvalue weighted by Crippen LogP contribution is -2.43. The van der Waals surface area contributed by atoms with Gasteiger partial charge in [-0.2, -0.15) is 0 Å². The molecule has 1 atom stereocenters. The second-order valence-corrected chi connectivity index (χ2v) is 8.31. The van der Waals surface area contributed by atoms with Crippen LogP contribution in [0.5, 0.6) is 5.75 Å². The van der Waals surface area contributed by atoms with Crippen LogP contribution in [0, 0.1) is 0 Å². The van der Waals surface area contributed by atoms with Crippen LogP contribution < -0.4 is 10.1 Å². The first-order valence-electron chi connectivity index (χ1n) is 10.2. The lowest BCUT2D eigenvalue weighted by Gasteiger charge is -2.23. The third-order valence-corrected chi connectivity index (χ3v) is 6.12. The Hall–Kier alpha value is -3.26. The predicted molar refractivity (Wildman–Crippen MR) is 119 cm³/mol. The molecule has 3 aromatic rings. The van der Waals surface area contributed by atoms with Crippen LogP contribution in [0.25, 0.3) is 0 Å². The van der Waals surface area contributed by atoms with Crippen molar-refractivity contribution in [3.05, 3.63) is 70.4 Å². The minimum atomic E-state index is -0.457. The maximum absolute atomic E-state index is 12.9. The van der Waals surface area contributed by atoms with Crippen LogP contribution in [0.2, 0.25) is 0 Å². The molecule has 2 amide bonds. The van der Waals surface area contributed by atoms with Gasteiger partial charge in [-0.1, -0.05) is 6.07 Å². The van der Waals surface area contributed by atoms with E-state index in [-0.39, 0.29) is 18.2 Å². The van der Waals surface area contributed by atoms with Crippen molar-refractivity contribution in [1.82, 2.24) is 14.9 Å². The first-order chi connectivity index (χ1) is 15.1. The maximum Gasteiger partial charge on any atom is 0.247 e. The Bertz CT molecular complexity index is 1040. The summed E-state index contributed by atoms with van der Waals surface area (Å²) in [6.07, 6.45) is 4.09. The Morgan fingerprint density at radius 1 is 1.19 bits per heavy atom. The number of carbonyl (C=O) groups excluding carboxylic acids is 2. The van der Waals surface area contributed by atoms with Gasteiger partial charge >= 0.3 is 0 Å². The fourth-order valence-electron chi connectivity index (χ4n) is 3.66. The number of aromatic nitrogens is 2. The number of ether oxygens (including phenoxy) is 1. The molecule has 1 aromatic carbocycles. The Balaban J connectivity index is 1.35. The summed E-state index contributed by atoms with van der Waals surface area (Å²) in [6, 6.07) is 12.5. The van der Waals surface area contributed by atoms with E-state index in [1.807, 2.05) is 23.6 Å². The van der Waals surface area contributed by atoms with Gasteiger partial charge in [0, 0.05) is 35.9 Å². The first kappa shape index (κ1) is 21.0. The van der Waals surface area contributed by atoms with Crippen molar-refractivity contribution in [3.63, 3.8) is 0 Å². The summed E-state index contributed by atoms with van der Waals surface area (Å²) < 4.78 is 5.14. The summed E-state index contributed by atoms with van der Waals surface area (Å²) in [7, 11) is 1.60. The molecular formula is C23H24N4O3S. The summed E-state index contributed by atoms with van der Waals surface area (Å²) in [5, 5.41) is 5.75. The van der Waals surface area contributed by atoms with Gasteiger partial charge in [0.05, 0.1) is 24.2 Å². The minimum Gasteiger partial charge on any atom is -0.497 e. The van der Waals surface area contributed by atoms with Gasteiger partial charge in [-0.3, -0.25) is 14.6 Å². The molecule has 0 radical (unpaired) electrons. The van der Waals surface area contributed by atoms with Gasteiger partial charge in [-0.05, 0) is 49.2 Å². The van der Waals surface area contributed by atoms with E-state index >= 15 is 0 Å². The van der Waals surface area contributed by atoms with Crippen LogP contribution >= 0.6 is 11.3 Å². The highest BCUT2D eigenvalue weighted by molar-refractivity contribution is 7.09. The van der Waals surface area contributed by atoms with Crippen LogP contribution in [0.4, 0.5) is 5.69 Å².